The zero-order valence-electron chi connectivity index (χ0n) is 21.4. The van der Waals surface area contributed by atoms with Gasteiger partial charge in [-0.25, -0.2) is 0 Å². The summed E-state index contributed by atoms with van der Waals surface area (Å²) in [5.41, 5.74) is 2.71. The van der Waals surface area contributed by atoms with E-state index < -0.39 is 0 Å². The van der Waals surface area contributed by atoms with E-state index in [2.05, 4.69) is 52.0 Å². The third-order valence-corrected chi connectivity index (χ3v) is 11.4. The van der Waals surface area contributed by atoms with Gasteiger partial charge in [0, 0.05) is 17.8 Å². The topological polar surface area (TPSA) is 49.8 Å². The molecule has 0 bridgehead atoms. The Labute approximate surface area is 205 Å². The number of ketones is 1. The number of hydrogen-bond donors (Lipinski definition) is 1. The van der Waals surface area contributed by atoms with Gasteiger partial charge in [0.05, 0.1) is 12.2 Å². The van der Waals surface area contributed by atoms with E-state index in [1.54, 1.807) is 0 Å². The van der Waals surface area contributed by atoms with Crippen LogP contribution in [0.15, 0.2) is 30.3 Å². The molecule has 0 amide bonds. The predicted molar refractivity (Wildman–Crippen MR) is 135 cm³/mol. The van der Waals surface area contributed by atoms with Gasteiger partial charge in [0.25, 0.3) is 0 Å². The van der Waals surface area contributed by atoms with Gasteiger partial charge in [0.15, 0.2) is 5.78 Å². The molecular formula is C31H42O3. The van der Waals surface area contributed by atoms with Gasteiger partial charge < -0.3 is 9.84 Å². The highest BCUT2D eigenvalue weighted by Crippen LogP contribution is 2.73. The predicted octanol–water partition coefficient (Wildman–Crippen LogP) is 6.54. The molecule has 1 aliphatic heterocycles. The van der Waals surface area contributed by atoms with E-state index in [-0.39, 0.29) is 28.5 Å². The summed E-state index contributed by atoms with van der Waals surface area (Å²) < 4.78 is 6.46. The first-order valence-corrected chi connectivity index (χ1v) is 13.9. The molecule has 0 unspecified atom stereocenters. The number of fused-ring (bicyclic) bond motifs is 4. The molecule has 6 rings (SSSR count). The van der Waals surface area contributed by atoms with Crippen molar-refractivity contribution in [2.24, 2.45) is 34.5 Å². The Balaban J connectivity index is 1.19. The number of aliphatic hydroxyl groups excluding tert-OH is 1. The molecule has 1 N–H and O–H groups in total. The van der Waals surface area contributed by atoms with Gasteiger partial charge in [-0.1, -0.05) is 58.0 Å². The summed E-state index contributed by atoms with van der Waals surface area (Å²) in [7, 11) is 0. The summed E-state index contributed by atoms with van der Waals surface area (Å²) in [5.74, 6) is 2.99. The van der Waals surface area contributed by atoms with E-state index in [9.17, 15) is 9.90 Å². The van der Waals surface area contributed by atoms with Crippen molar-refractivity contribution in [2.75, 3.05) is 0 Å². The van der Waals surface area contributed by atoms with Gasteiger partial charge >= 0.3 is 0 Å². The van der Waals surface area contributed by atoms with E-state index >= 15 is 0 Å². The molecule has 1 heterocycles. The van der Waals surface area contributed by atoms with E-state index in [1.807, 2.05) is 12.2 Å². The molecule has 1 aromatic carbocycles. The molecule has 5 aliphatic rings. The summed E-state index contributed by atoms with van der Waals surface area (Å²) >= 11 is 0. The lowest BCUT2D eigenvalue weighted by Gasteiger charge is -2.59. The zero-order valence-corrected chi connectivity index (χ0v) is 21.4. The van der Waals surface area contributed by atoms with Gasteiger partial charge in [-0.05, 0) is 91.2 Å². The molecule has 1 saturated heterocycles. The fraction of sp³-hybridized carbons (Fsp3) is 0.710. The van der Waals surface area contributed by atoms with E-state index in [1.165, 1.54) is 18.4 Å². The Morgan fingerprint density at radius 3 is 2.56 bits per heavy atom. The molecule has 34 heavy (non-hydrogen) atoms. The van der Waals surface area contributed by atoms with Crippen LogP contribution in [-0.2, 0) is 9.53 Å². The highest BCUT2D eigenvalue weighted by molar-refractivity contribution is 5.96. The largest absolute Gasteiger partial charge is 0.393 e. The summed E-state index contributed by atoms with van der Waals surface area (Å²) in [6.07, 6.45) is 12.6. The number of rotatable bonds is 4. The molecule has 184 valence electrons. The Bertz CT molecular complexity index is 994. The molecule has 1 aromatic rings. The van der Waals surface area contributed by atoms with Gasteiger partial charge in [0.2, 0.25) is 0 Å². The van der Waals surface area contributed by atoms with Crippen LogP contribution in [0, 0.1) is 34.5 Å². The van der Waals surface area contributed by atoms with Crippen LogP contribution in [0.4, 0.5) is 0 Å². The third kappa shape index (κ3) is 3.18. The second kappa shape index (κ2) is 7.77. The summed E-state index contributed by atoms with van der Waals surface area (Å²) in [6, 6.07) is 8.62. The maximum absolute atomic E-state index is 13.5. The van der Waals surface area contributed by atoms with Crippen molar-refractivity contribution in [1.29, 1.82) is 0 Å². The van der Waals surface area contributed by atoms with Gasteiger partial charge in [-0.15, -0.1) is 0 Å². The average molecular weight is 463 g/mol. The summed E-state index contributed by atoms with van der Waals surface area (Å²) in [4.78, 5) is 13.5. The van der Waals surface area contributed by atoms with Crippen molar-refractivity contribution in [3.05, 3.63) is 41.5 Å². The smallest absolute Gasteiger partial charge is 0.159 e. The summed E-state index contributed by atoms with van der Waals surface area (Å²) in [6.45, 7) is 9.32. The Morgan fingerprint density at radius 1 is 1.06 bits per heavy atom. The number of aliphatic hydroxyl groups is 1. The summed E-state index contributed by atoms with van der Waals surface area (Å²) in [5, 5.41) is 10.4. The number of carbonyl (C=O) groups excluding carboxylic acids is 1. The van der Waals surface area contributed by atoms with Crippen LogP contribution in [-0.4, -0.2) is 28.7 Å². The number of carbonyl (C=O) groups is 1. The lowest BCUT2D eigenvalue weighted by atomic mass is 9.44. The van der Waals surface area contributed by atoms with Gasteiger partial charge in [0.1, 0.15) is 5.60 Å². The normalized spacial score (nSPS) is 47.1. The molecular weight excluding hydrogens is 420 g/mol. The van der Waals surface area contributed by atoms with Crippen LogP contribution in [0.3, 0.4) is 0 Å². The van der Waals surface area contributed by atoms with Crippen LogP contribution in [0.5, 0.6) is 0 Å². The van der Waals surface area contributed by atoms with E-state index in [4.69, 9.17) is 4.74 Å². The fourth-order valence-electron chi connectivity index (χ4n) is 9.41. The van der Waals surface area contributed by atoms with Crippen molar-refractivity contribution in [1.82, 2.24) is 0 Å². The maximum atomic E-state index is 13.5. The molecule has 5 fully saturated rings. The minimum absolute atomic E-state index is 0.0543. The zero-order chi connectivity index (χ0) is 23.9. The number of ether oxygens (including phenoxy) is 1. The molecule has 0 radical (unpaired) electrons. The molecule has 0 aromatic heterocycles. The SMILES string of the molecule is CC(C)c1ccc(/C=C/C(=O)[C@H]2CC[C@H]3[C@@H]4C[C@@H]5O[C@@]56C[C@@H](O)CC[C@]6(C)[C@H]4CC[C@]23C)cc1. The minimum atomic E-state index is -0.190. The molecule has 4 saturated carbocycles. The quantitative estimate of drug-likeness (QED) is 0.408. The standard InChI is InChI=1S/C31H42O3/c1-19(2)21-8-5-20(6-9-21)7-12-27(33)26-11-10-24-23-17-28-31(34-28)18-22(32)13-16-30(31,4)25(23)14-15-29(24,26)3/h5-9,12,19,22-26,28,32H,10-11,13-18H2,1-4H3/b12-7+/t22-,23-,24-,25-,26+,28-,29-,30+,31-/m0/s1. The first-order chi connectivity index (χ1) is 16.2. The Hall–Kier alpha value is -1.45. The molecule has 3 heteroatoms. The molecule has 3 nitrogen and oxygen atoms in total. The van der Waals surface area contributed by atoms with E-state index in [0.29, 0.717) is 35.6 Å². The van der Waals surface area contributed by atoms with Crippen LogP contribution < -0.4 is 0 Å². The third-order valence-electron chi connectivity index (χ3n) is 11.4. The molecule has 4 aliphatic carbocycles. The monoisotopic (exact) mass is 462 g/mol. The fourth-order valence-corrected chi connectivity index (χ4v) is 9.41. The van der Waals surface area contributed by atoms with Crippen molar-refractivity contribution in [3.8, 4) is 0 Å². The average Bonchev–Trinajstić information content (AvgIpc) is 3.39. The van der Waals surface area contributed by atoms with Crippen LogP contribution in [0.25, 0.3) is 6.08 Å². The van der Waals surface area contributed by atoms with Crippen LogP contribution in [0.1, 0.15) is 96.1 Å². The molecule has 9 atom stereocenters. The number of hydrogen-bond acceptors (Lipinski definition) is 3. The van der Waals surface area contributed by atoms with Crippen molar-refractivity contribution in [2.45, 2.75) is 103 Å². The molecule has 1 spiro atoms. The highest BCUT2D eigenvalue weighted by atomic mass is 16.6. The van der Waals surface area contributed by atoms with Crippen molar-refractivity contribution < 1.29 is 14.6 Å². The number of allylic oxidation sites excluding steroid dienone is 1. The Kier molecular flexibility index (Phi) is 5.25. The van der Waals surface area contributed by atoms with Crippen LogP contribution >= 0.6 is 0 Å². The van der Waals surface area contributed by atoms with Gasteiger partial charge in [-0.2, -0.15) is 0 Å². The Morgan fingerprint density at radius 2 is 1.82 bits per heavy atom. The number of epoxide rings is 1. The highest BCUT2D eigenvalue weighted by Gasteiger charge is 2.76. The van der Waals surface area contributed by atoms with Crippen molar-refractivity contribution in [3.63, 3.8) is 0 Å². The minimum Gasteiger partial charge on any atom is -0.393 e. The van der Waals surface area contributed by atoms with Gasteiger partial charge in [-0.3, -0.25) is 4.79 Å². The lowest BCUT2D eigenvalue weighted by Crippen LogP contribution is -2.58. The van der Waals surface area contributed by atoms with E-state index in [0.717, 1.165) is 44.1 Å². The van der Waals surface area contributed by atoms with Crippen LogP contribution in [0.2, 0.25) is 0 Å². The number of benzene rings is 1. The second-order valence-corrected chi connectivity index (χ2v) is 13.2. The second-order valence-electron chi connectivity index (χ2n) is 13.2. The first-order valence-electron chi connectivity index (χ1n) is 13.9. The lowest BCUT2D eigenvalue weighted by molar-refractivity contribution is -0.131. The maximum Gasteiger partial charge on any atom is 0.159 e. The first kappa shape index (κ1) is 23.0. The van der Waals surface area contributed by atoms with Crippen molar-refractivity contribution >= 4 is 11.9 Å².